The molecule has 100 valence electrons. The predicted molar refractivity (Wildman–Crippen MR) is 63.7 cm³/mol. The molecule has 0 aliphatic heterocycles. The van der Waals surface area contributed by atoms with E-state index in [0.29, 0.717) is 0 Å². The Balaban J connectivity index is 2.33. The van der Waals surface area contributed by atoms with Crippen LogP contribution >= 0.6 is 11.5 Å². The molecule has 0 bridgehead atoms. The van der Waals surface area contributed by atoms with E-state index in [4.69, 9.17) is 5.73 Å². The molecule has 0 aliphatic carbocycles. The van der Waals surface area contributed by atoms with Crippen molar-refractivity contribution in [3.05, 3.63) is 34.8 Å². The number of nitrogen functional groups attached to an aromatic ring is 1. The number of hydrogen-bond acceptors (Lipinski definition) is 5. The Labute approximate surface area is 109 Å². The number of aromatic nitrogens is 2. The van der Waals surface area contributed by atoms with E-state index in [9.17, 15) is 18.0 Å². The number of amides is 1. The molecule has 1 amide bonds. The van der Waals surface area contributed by atoms with Crippen LogP contribution in [0.25, 0.3) is 0 Å². The molecule has 1 aromatic carbocycles. The van der Waals surface area contributed by atoms with Gasteiger partial charge in [-0.2, -0.15) is 13.2 Å². The van der Waals surface area contributed by atoms with Crippen LogP contribution in [-0.4, -0.2) is 15.5 Å². The third-order valence-corrected chi connectivity index (χ3v) is 2.69. The number of anilines is 2. The van der Waals surface area contributed by atoms with Crippen LogP contribution in [0.4, 0.5) is 24.5 Å². The van der Waals surface area contributed by atoms with Gasteiger partial charge in [0.2, 0.25) is 0 Å². The SMILES string of the molecule is Nc1ccc(NC(=O)c2csnn2)c(C(F)(F)F)c1. The van der Waals surface area contributed by atoms with E-state index in [-0.39, 0.29) is 17.1 Å². The summed E-state index contributed by atoms with van der Waals surface area (Å²) in [5.74, 6) is -0.760. The molecule has 0 saturated heterocycles. The summed E-state index contributed by atoms with van der Waals surface area (Å²) in [5, 5.41) is 6.94. The van der Waals surface area contributed by atoms with E-state index in [1.54, 1.807) is 0 Å². The van der Waals surface area contributed by atoms with Crippen molar-refractivity contribution in [1.82, 2.24) is 9.59 Å². The van der Waals surface area contributed by atoms with Crippen molar-refractivity contribution in [2.75, 3.05) is 11.1 Å². The average molecular weight is 288 g/mol. The van der Waals surface area contributed by atoms with Gasteiger partial charge < -0.3 is 11.1 Å². The standard InChI is InChI=1S/C10H7F3N4OS/c11-10(12,13)6-3-5(14)1-2-7(6)15-9(18)8-4-19-17-16-8/h1-4H,14H2,(H,15,18). The maximum atomic E-state index is 12.8. The number of nitrogens with zero attached hydrogens (tertiary/aromatic N) is 2. The van der Waals surface area contributed by atoms with Gasteiger partial charge in [0.15, 0.2) is 5.69 Å². The van der Waals surface area contributed by atoms with E-state index in [1.165, 1.54) is 11.4 Å². The molecule has 1 aromatic heterocycles. The predicted octanol–water partition coefficient (Wildman–Crippen LogP) is 2.39. The normalized spacial score (nSPS) is 11.3. The van der Waals surface area contributed by atoms with E-state index in [1.807, 2.05) is 0 Å². The largest absolute Gasteiger partial charge is 0.418 e. The second-order valence-corrected chi connectivity index (χ2v) is 4.16. The molecule has 0 fully saturated rings. The Kier molecular flexibility index (Phi) is 3.38. The molecule has 0 saturated carbocycles. The van der Waals surface area contributed by atoms with Crippen molar-refractivity contribution in [3.63, 3.8) is 0 Å². The summed E-state index contributed by atoms with van der Waals surface area (Å²) in [6.45, 7) is 0. The topological polar surface area (TPSA) is 80.9 Å². The average Bonchev–Trinajstić information content (AvgIpc) is 2.83. The molecule has 0 unspecified atom stereocenters. The van der Waals surface area contributed by atoms with Gasteiger partial charge in [-0.25, -0.2) is 0 Å². The van der Waals surface area contributed by atoms with Crippen molar-refractivity contribution in [2.45, 2.75) is 6.18 Å². The van der Waals surface area contributed by atoms with Crippen molar-refractivity contribution < 1.29 is 18.0 Å². The summed E-state index contributed by atoms with van der Waals surface area (Å²) >= 11 is 0.927. The van der Waals surface area contributed by atoms with Gasteiger partial charge in [0.1, 0.15) is 0 Å². The molecule has 0 atom stereocenters. The molecule has 2 rings (SSSR count). The smallest absolute Gasteiger partial charge is 0.399 e. The Morgan fingerprint density at radius 1 is 1.37 bits per heavy atom. The van der Waals surface area contributed by atoms with Gasteiger partial charge in [0.05, 0.1) is 11.3 Å². The number of nitrogens with two attached hydrogens (primary N) is 1. The Hall–Kier alpha value is -2.16. The molecule has 0 spiro atoms. The van der Waals surface area contributed by atoms with E-state index in [0.717, 1.165) is 23.7 Å². The van der Waals surface area contributed by atoms with Crippen molar-refractivity contribution in [3.8, 4) is 0 Å². The Bertz CT molecular complexity index is 597. The molecular formula is C10H7F3N4OS. The minimum atomic E-state index is -4.61. The lowest BCUT2D eigenvalue weighted by atomic mass is 10.1. The molecule has 3 N–H and O–H groups in total. The van der Waals surface area contributed by atoms with Gasteiger partial charge in [-0.1, -0.05) is 4.49 Å². The monoisotopic (exact) mass is 288 g/mol. The van der Waals surface area contributed by atoms with Crippen LogP contribution in [0.15, 0.2) is 23.6 Å². The number of hydrogen-bond donors (Lipinski definition) is 2. The summed E-state index contributed by atoms with van der Waals surface area (Å²) in [7, 11) is 0. The third-order valence-electron chi connectivity index (χ3n) is 2.19. The van der Waals surface area contributed by atoms with E-state index in [2.05, 4.69) is 14.9 Å². The number of carbonyl (C=O) groups is 1. The van der Waals surface area contributed by atoms with E-state index < -0.39 is 17.6 Å². The zero-order valence-corrected chi connectivity index (χ0v) is 10.0. The van der Waals surface area contributed by atoms with Crippen LogP contribution in [0, 0.1) is 0 Å². The first-order chi connectivity index (χ1) is 8.88. The lowest BCUT2D eigenvalue weighted by Crippen LogP contribution is -2.17. The number of carbonyl (C=O) groups excluding carboxylic acids is 1. The van der Waals surface area contributed by atoms with Crippen LogP contribution in [0.1, 0.15) is 16.1 Å². The highest BCUT2D eigenvalue weighted by atomic mass is 32.1. The van der Waals surface area contributed by atoms with Crippen LogP contribution in [-0.2, 0) is 6.18 Å². The van der Waals surface area contributed by atoms with Gasteiger partial charge in [0, 0.05) is 11.1 Å². The number of alkyl halides is 3. The zero-order valence-electron chi connectivity index (χ0n) is 9.23. The first-order valence-electron chi connectivity index (χ1n) is 4.93. The number of halogens is 3. The summed E-state index contributed by atoms with van der Waals surface area (Å²) < 4.78 is 41.8. The third kappa shape index (κ3) is 2.99. The molecule has 5 nitrogen and oxygen atoms in total. The van der Waals surface area contributed by atoms with Gasteiger partial charge in [0.25, 0.3) is 5.91 Å². The van der Waals surface area contributed by atoms with Crippen LogP contribution in [0.5, 0.6) is 0 Å². The fourth-order valence-corrected chi connectivity index (χ4v) is 1.79. The van der Waals surface area contributed by atoms with Crippen molar-refractivity contribution in [2.24, 2.45) is 0 Å². The number of rotatable bonds is 2. The lowest BCUT2D eigenvalue weighted by molar-refractivity contribution is -0.136. The fraction of sp³-hybridized carbons (Fsp3) is 0.100. The summed E-state index contributed by atoms with van der Waals surface area (Å²) in [6.07, 6.45) is -4.61. The highest BCUT2D eigenvalue weighted by Crippen LogP contribution is 2.36. The first kappa shape index (κ1) is 13.3. The maximum absolute atomic E-state index is 12.8. The van der Waals surface area contributed by atoms with Crippen molar-refractivity contribution in [1.29, 1.82) is 0 Å². The molecule has 1 heterocycles. The maximum Gasteiger partial charge on any atom is 0.418 e. The molecule has 9 heteroatoms. The van der Waals surface area contributed by atoms with Crippen LogP contribution in [0.3, 0.4) is 0 Å². The minimum Gasteiger partial charge on any atom is -0.399 e. The molecule has 19 heavy (non-hydrogen) atoms. The molecular weight excluding hydrogens is 281 g/mol. The molecule has 0 aliphatic rings. The number of benzene rings is 1. The second-order valence-electron chi connectivity index (χ2n) is 3.55. The molecule has 2 aromatic rings. The quantitative estimate of drug-likeness (QED) is 0.831. The number of nitrogens with one attached hydrogen (secondary N) is 1. The minimum absolute atomic E-state index is 0.0411. The fourth-order valence-electron chi connectivity index (χ4n) is 1.36. The second kappa shape index (κ2) is 4.84. The Morgan fingerprint density at radius 2 is 2.11 bits per heavy atom. The lowest BCUT2D eigenvalue weighted by Gasteiger charge is -2.13. The Morgan fingerprint density at radius 3 is 2.68 bits per heavy atom. The van der Waals surface area contributed by atoms with Crippen LogP contribution in [0.2, 0.25) is 0 Å². The molecule has 0 radical (unpaired) electrons. The van der Waals surface area contributed by atoms with E-state index >= 15 is 0 Å². The van der Waals surface area contributed by atoms with Crippen molar-refractivity contribution >= 4 is 28.8 Å². The zero-order chi connectivity index (χ0) is 14.0. The highest BCUT2D eigenvalue weighted by Gasteiger charge is 2.34. The summed E-state index contributed by atoms with van der Waals surface area (Å²) in [5.41, 5.74) is 3.84. The summed E-state index contributed by atoms with van der Waals surface area (Å²) in [4.78, 5) is 11.6. The summed E-state index contributed by atoms with van der Waals surface area (Å²) in [6, 6.07) is 3.12. The van der Waals surface area contributed by atoms with Gasteiger partial charge in [-0.05, 0) is 29.7 Å². The van der Waals surface area contributed by atoms with Crippen LogP contribution < -0.4 is 11.1 Å². The van der Waals surface area contributed by atoms with Gasteiger partial charge >= 0.3 is 6.18 Å². The first-order valence-corrected chi connectivity index (χ1v) is 5.76. The van der Waals surface area contributed by atoms with Gasteiger partial charge in [-0.15, -0.1) is 5.10 Å². The van der Waals surface area contributed by atoms with Gasteiger partial charge in [-0.3, -0.25) is 4.79 Å². The highest BCUT2D eigenvalue weighted by molar-refractivity contribution is 7.03.